The van der Waals surface area contributed by atoms with Crippen molar-refractivity contribution < 1.29 is 19.2 Å². The number of fused-ring (bicyclic) bond motifs is 1. The molecule has 1 aromatic carbocycles. The zero-order valence-electron chi connectivity index (χ0n) is 12.8. The van der Waals surface area contributed by atoms with Gasteiger partial charge in [-0.05, 0) is 25.0 Å². The number of hydrogen-bond acceptors (Lipinski definition) is 6. The summed E-state index contributed by atoms with van der Waals surface area (Å²) in [5.74, 6) is -0.896. The van der Waals surface area contributed by atoms with Gasteiger partial charge in [-0.25, -0.2) is 4.79 Å². The molecule has 1 fully saturated rings. The van der Waals surface area contributed by atoms with Crippen LogP contribution in [0.2, 0.25) is 0 Å². The van der Waals surface area contributed by atoms with E-state index in [1.807, 2.05) is 0 Å². The number of non-ortho nitro benzene ring substituents is 1. The largest absolute Gasteiger partial charge is 0.451 e. The van der Waals surface area contributed by atoms with Crippen LogP contribution >= 0.6 is 11.3 Å². The summed E-state index contributed by atoms with van der Waals surface area (Å²) in [4.78, 5) is 34.4. The molecular weight excluding hydrogens is 332 g/mol. The van der Waals surface area contributed by atoms with Gasteiger partial charge in [-0.2, -0.15) is 0 Å². The molecule has 8 heteroatoms. The summed E-state index contributed by atoms with van der Waals surface area (Å²) < 4.78 is 5.79. The molecule has 7 nitrogen and oxygen atoms in total. The van der Waals surface area contributed by atoms with E-state index in [0.29, 0.717) is 10.3 Å². The molecule has 0 spiro atoms. The zero-order chi connectivity index (χ0) is 17.1. The molecule has 1 saturated carbocycles. The molecule has 0 radical (unpaired) electrons. The molecule has 1 N–H and O–H groups in total. The summed E-state index contributed by atoms with van der Waals surface area (Å²) in [6.07, 6.45) is 4.15. The lowest BCUT2D eigenvalue weighted by molar-refractivity contribution is -0.384. The second-order valence-corrected chi connectivity index (χ2v) is 6.80. The highest BCUT2D eigenvalue weighted by atomic mass is 32.1. The molecule has 0 unspecified atom stereocenters. The van der Waals surface area contributed by atoms with Crippen LogP contribution in [0.4, 0.5) is 5.69 Å². The summed E-state index contributed by atoms with van der Waals surface area (Å²) in [5.41, 5.74) is -0.0313. The normalized spacial score (nSPS) is 14.7. The number of carbonyl (C=O) groups is 2. The predicted molar refractivity (Wildman–Crippen MR) is 89.2 cm³/mol. The second kappa shape index (κ2) is 6.96. The number of nitro groups is 1. The molecular formula is C16H16N2O5S. The molecule has 0 atom stereocenters. The molecule has 0 aliphatic heterocycles. The van der Waals surface area contributed by atoms with Gasteiger partial charge in [0, 0.05) is 28.3 Å². The van der Waals surface area contributed by atoms with E-state index >= 15 is 0 Å². The van der Waals surface area contributed by atoms with Gasteiger partial charge in [0.2, 0.25) is 0 Å². The lowest BCUT2D eigenvalue weighted by Gasteiger charge is -2.11. The van der Waals surface area contributed by atoms with Crippen LogP contribution in [-0.4, -0.2) is 29.4 Å². The van der Waals surface area contributed by atoms with Gasteiger partial charge in [0.05, 0.1) is 4.92 Å². The minimum Gasteiger partial charge on any atom is -0.451 e. The number of thiophene rings is 1. The zero-order valence-corrected chi connectivity index (χ0v) is 13.6. The van der Waals surface area contributed by atoms with E-state index in [2.05, 4.69) is 5.32 Å². The molecule has 126 valence electrons. The van der Waals surface area contributed by atoms with Crippen molar-refractivity contribution in [2.45, 2.75) is 31.7 Å². The molecule has 1 heterocycles. The number of carbonyl (C=O) groups excluding carboxylic acids is 2. The van der Waals surface area contributed by atoms with E-state index in [-0.39, 0.29) is 24.2 Å². The molecule has 1 amide bonds. The van der Waals surface area contributed by atoms with Crippen LogP contribution < -0.4 is 5.32 Å². The van der Waals surface area contributed by atoms with Crippen molar-refractivity contribution in [3.8, 4) is 0 Å². The third-order valence-electron chi connectivity index (χ3n) is 3.97. The number of esters is 1. The molecule has 1 aliphatic carbocycles. The fourth-order valence-corrected chi connectivity index (χ4v) is 3.72. The monoisotopic (exact) mass is 348 g/mol. The Bertz CT molecular complexity index is 795. The van der Waals surface area contributed by atoms with Crippen molar-refractivity contribution in [3.63, 3.8) is 0 Å². The van der Waals surface area contributed by atoms with Crippen LogP contribution in [0.3, 0.4) is 0 Å². The van der Waals surface area contributed by atoms with Gasteiger partial charge in [0.25, 0.3) is 11.6 Å². The predicted octanol–water partition coefficient (Wildman–Crippen LogP) is 3.03. The maximum Gasteiger partial charge on any atom is 0.348 e. The van der Waals surface area contributed by atoms with Gasteiger partial charge in [-0.1, -0.05) is 12.8 Å². The molecule has 2 aromatic rings. The summed E-state index contributed by atoms with van der Waals surface area (Å²) in [6.45, 7) is -0.316. The summed E-state index contributed by atoms with van der Waals surface area (Å²) in [7, 11) is 0. The van der Waals surface area contributed by atoms with Gasteiger partial charge in [0.15, 0.2) is 6.61 Å². The third-order valence-corrected chi connectivity index (χ3v) is 5.06. The third kappa shape index (κ3) is 3.70. The van der Waals surface area contributed by atoms with E-state index in [1.165, 1.54) is 23.5 Å². The van der Waals surface area contributed by atoms with Crippen LogP contribution in [-0.2, 0) is 9.53 Å². The SMILES string of the molecule is O=C(COC(=O)c1cc2cc([N+](=O)[O-])ccc2s1)NC1CCCC1. The average molecular weight is 348 g/mol. The number of rotatable bonds is 5. The first-order valence-corrected chi connectivity index (χ1v) is 8.49. The standard InChI is InChI=1S/C16H16N2O5S/c19-15(17-11-3-1-2-4-11)9-23-16(20)14-8-10-7-12(18(21)22)5-6-13(10)24-14/h5-8,11H,1-4,9H2,(H,17,19). The minimum atomic E-state index is -0.597. The lowest BCUT2D eigenvalue weighted by Crippen LogP contribution is -2.35. The van der Waals surface area contributed by atoms with Crippen LogP contribution in [0, 0.1) is 10.1 Å². The molecule has 3 rings (SSSR count). The maximum atomic E-state index is 12.0. The number of benzene rings is 1. The lowest BCUT2D eigenvalue weighted by atomic mass is 10.2. The second-order valence-electron chi connectivity index (χ2n) is 5.71. The Kier molecular flexibility index (Phi) is 4.75. The topological polar surface area (TPSA) is 98.5 Å². The number of ether oxygens (including phenoxy) is 1. The number of amides is 1. The number of nitrogens with one attached hydrogen (secondary N) is 1. The van der Waals surface area contributed by atoms with Gasteiger partial charge in [0.1, 0.15) is 4.88 Å². The van der Waals surface area contributed by atoms with Crippen molar-refractivity contribution in [3.05, 3.63) is 39.3 Å². The number of nitrogens with zero attached hydrogens (tertiary/aromatic N) is 1. The quantitative estimate of drug-likeness (QED) is 0.509. The fourth-order valence-electron chi connectivity index (χ4n) is 2.79. The van der Waals surface area contributed by atoms with Crippen molar-refractivity contribution in [2.75, 3.05) is 6.61 Å². The van der Waals surface area contributed by atoms with Gasteiger partial charge in [-0.15, -0.1) is 11.3 Å². The summed E-state index contributed by atoms with van der Waals surface area (Å²) in [6, 6.07) is 6.13. The first-order chi connectivity index (χ1) is 11.5. The van der Waals surface area contributed by atoms with Gasteiger partial charge in [-0.3, -0.25) is 14.9 Å². The first-order valence-electron chi connectivity index (χ1n) is 7.67. The summed E-state index contributed by atoms with van der Waals surface area (Å²) >= 11 is 1.18. The maximum absolute atomic E-state index is 12.0. The highest BCUT2D eigenvalue weighted by molar-refractivity contribution is 7.20. The smallest absolute Gasteiger partial charge is 0.348 e. The Morgan fingerprint density at radius 2 is 2.04 bits per heavy atom. The first kappa shape index (κ1) is 16.4. The van der Waals surface area contributed by atoms with Crippen LogP contribution in [0.25, 0.3) is 10.1 Å². The summed E-state index contributed by atoms with van der Waals surface area (Å²) in [5, 5.41) is 14.2. The molecule has 0 saturated heterocycles. The van der Waals surface area contributed by atoms with Crippen LogP contribution in [0.1, 0.15) is 35.4 Å². The highest BCUT2D eigenvalue weighted by Crippen LogP contribution is 2.29. The van der Waals surface area contributed by atoms with Crippen LogP contribution in [0.5, 0.6) is 0 Å². The average Bonchev–Trinajstić information content (AvgIpc) is 3.20. The molecule has 24 heavy (non-hydrogen) atoms. The Labute approximate surface area is 141 Å². The number of hydrogen-bond donors (Lipinski definition) is 1. The van der Waals surface area contributed by atoms with Crippen molar-refractivity contribution in [1.29, 1.82) is 0 Å². The highest BCUT2D eigenvalue weighted by Gasteiger charge is 2.19. The Morgan fingerprint density at radius 1 is 1.29 bits per heavy atom. The van der Waals surface area contributed by atoms with Crippen LogP contribution in [0.15, 0.2) is 24.3 Å². The van der Waals surface area contributed by atoms with Crippen molar-refractivity contribution >= 4 is 39.0 Å². The van der Waals surface area contributed by atoms with Crippen molar-refractivity contribution in [2.24, 2.45) is 0 Å². The minimum absolute atomic E-state index is 0.0313. The molecule has 1 aromatic heterocycles. The van der Waals surface area contributed by atoms with E-state index < -0.39 is 10.9 Å². The van der Waals surface area contributed by atoms with Gasteiger partial charge >= 0.3 is 5.97 Å². The Morgan fingerprint density at radius 3 is 2.75 bits per heavy atom. The molecule has 0 bridgehead atoms. The van der Waals surface area contributed by atoms with E-state index in [9.17, 15) is 19.7 Å². The van der Waals surface area contributed by atoms with Gasteiger partial charge < -0.3 is 10.1 Å². The van der Waals surface area contributed by atoms with E-state index in [0.717, 1.165) is 30.4 Å². The molecule has 1 aliphatic rings. The Hall–Kier alpha value is -2.48. The Balaban J connectivity index is 1.61. The number of nitro benzene ring substituents is 1. The van der Waals surface area contributed by atoms with E-state index in [1.54, 1.807) is 12.1 Å². The van der Waals surface area contributed by atoms with Crippen molar-refractivity contribution in [1.82, 2.24) is 5.32 Å². The van der Waals surface area contributed by atoms with E-state index in [4.69, 9.17) is 4.74 Å². The fraction of sp³-hybridized carbons (Fsp3) is 0.375.